The predicted molar refractivity (Wildman–Crippen MR) is 80.9 cm³/mol. The maximum Gasteiger partial charge on any atom is 0.137 e. The van der Waals surface area contributed by atoms with Gasteiger partial charge in [0.15, 0.2) is 0 Å². The molecule has 0 N–H and O–H groups in total. The van der Waals surface area contributed by atoms with Gasteiger partial charge in [-0.25, -0.2) is 4.39 Å². The lowest BCUT2D eigenvalue weighted by Crippen LogP contribution is -2.20. The number of halogens is 1. The summed E-state index contributed by atoms with van der Waals surface area (Å²) in [5.74, 6) is 0.368. The predicted octanol–water partition coefficient (Wildman–Crippen LogP) is 3.60. The molecule has 3 nitrogen and oxygen atoms in total. The van der Waals surface area contributed by atoms with Gasteiger partial charge in [-0.3, -0.25) is 0 Å². The average Bonchev–Trinajstić information content (AvgIpc) is 2.51. The summed E-state index contributed by atoms with van der Waals surface area (Å²) in [5.41, 5.74) is 1.38. The number of hydrogen-bond donors (Lipinski definition) is 0. The van der Waals surface area contributed by atoms with Crippen molar-refractivity contribution in [3.63, 3.8) is 0 Å². The van der Waals surface area contributed by atoms with Crippen molar-refractivity contribution >= 4 is 5.69 Å². The van der Waals surface area contributed by atoms with Crippen molar-refractivity contribution in [1.82, 2.24) is 0 Å². The van der Waals surface area contributed by atoms with Crippen LogP contribution in [-0.4, -0.2) is 20.2 Å². The summed E-state index contributed by atoms with van der Waals surface area (Å²) in [6, 6.07) is 15.8. The number of anilines is 1. The van der Waals surface area contributed by atoms with Crippen LogP contribution in [0, 0.1) is 17.1 Å². The Morgan fingerprint density at radius 3 is 2.76 bits per heavy atom. The molecule has 2 rings (SSSR count). The molecule has 0 radical (unpaired) electrons. The second-order valence-corrected chi connectivity index (χ2v) is 4.71. The summed E-state index contributed by atoms with van der Waals surface area (Å²) in [4.78, 5) is 1.97. The van der Waals surface area contributed by atoms with E-state index in [9.17, 15) is 4.39 Å². The first kappa shape index (κ1) is 14.9. The fourth-order valence-corrected chi connectivity index (χ4v) is 2.01. The molecule has 0 aliphatic rings. The van der Waals surface area contributed by atoms with Crippen molar-refractivity contribution in [2.75, 3.05) is 25.1 Å². The maximum atomic E-state index is 13.1. The molecule has 0 aromatic heterocycles. The lowest BCUT2D eigenvalue weighted by atomic mass is 10.2. The van der Waals surface area contributed by atoms with E-state index in [4.69, 9.17) is 10.00 Å². The number of benzene rings is 2. The van der Waals surface area contributed by atoms with Gasteiger partial charge >= 0.3 is 0 Å². The van der Waals surface area contributed by atoms with Gasteiger partial charge < -0.3 is 9.64 Å². The summed E-state index contributed by atoms with van der Waals surface area (Å²) in [6.07, 6.45) is 0.785. The zero-order valence-electron chi connectivity index (χ0n) is 11.9. The maximum absolute atomic E-state index is 13.1. The molecule has 0 saturated heterocycles. The van der Waals surface area contributed by atoms with E-state index in [2.05, 4.69) is 6.07 Å². The van der Waals surface area contributed by atoms with E-state index in [1.54, 1.807) is 18.2 Å². The summed E-state index contributed by atoms with van der Waals surface area (Å²) >= 11 is 0. The van der Waals surface area contributed by atoms with E-state index in [0.29, 0.717) is 17.9 Å². The van der Waals surface area contributed by atoms with Crippen LogP contribution in [0.25, 0.3) is 0 Å². The lowest BCUT2D eigenvalue weighted by Gasteiger charge is -2.19. The molecule has 0 atom stereocenters. The van der Waals surface area contributed by atoms with Crippen molar-refractivity contribution in [2.45, 2.75) is 6.42 Å². The molecule has 2 aromatic carbocycles. The highest BCUT2D eigenvalue weighted by Gasteiger charge is 2.04. The molecule has 0 aliphatic heterocycles. The largest absolute Gasteiger partial charge is 0.492 e. The minimum atomic E-state index is -0.237. The third-order valence-electron chi connectivity index (χ3n) is 3.15. The van der Waals surface area contributed by atoms with Crippen LogP contribution in [0.4, 0.5) is 10.1 Å². The Labute approximate surface area is 124 Å². The van der Waals surface area contributed by atoms with Crippen LogP contribution in [0.3, 0.4) is 0 Å². The zero-order chi connectivity index (χ0) is 15.1. The van der Waals surface area contributed by atoms with Gasteiger partial charge in [0.25, 0.3) is 0 Å². The molecule has 0 aliphatic carbocycles. The smallest absolute Gasteiger partial charge is 0.137 e. The van der Waals surface area contributed by atoms with Crippen LogP contribution >= 0.6 is 0 Å². The van der Waals surface area contributed by atoms with E-state index in [0.717, 1.165) is 18.7 Å². The van der Waals surface area contributed by atoms with Gasteiger partial charge in [-0.15, -0.1) is 0 Å². The van der Waals surface area contributed by atoms with Crippen molar-refractivity contribution in [2.24, 2.45) is 0 Å². The number of nitrogens with zero attached hydrogens (tertiary/aromatic N) is 2. The van der Waals surface area contributed by atoms with Crippen LogP contribution in [0.2, 0.25) is 0 Å². The first-order valence-corrected chi connectivity index (χ1v) is 6.79. The van der Waals surface area contributed by atoms with E-state index >= 15 is 0 Å². The molecule has 0 saturated carbocycles. The van der Waals surface area contributed by atoms with Gasteiger partial charge in [0.1, 0.15) is 17.6 Å². The van der Waals surface area contributed by atoms with E-state index in [-0.39, 0.29) is 5.82 Å². The Hall–Kier alpha value is -2.54. The zero-order valence-corrected chi connectivity index (χ0v) is 11.9. The molecule has 0 spiro atoms. The second-order valence-electron chi connectivity index (χ2n) is 4.71. The first-order chi connectivity index (χ1) is 10.2. The number of para-hydroxylation sites is 1. The molecular weight excluding hydrogens is 267 g/mol. The topological polar surface area (TPSA) is 36.3 Å². The molecule has 0 fully saturated rings. The van der Waals surface area contributed by atoms with Crippen LogP contribution in [0.1, 0.15) is 12.0 Å². The molecule has 2 aromatic rings. The SMILES string of the molecule is CN(CCCOc1ccccc1C#N)c1cccc(F)c1. The molecular formula is C17H17FN2O. The Morgan fingerprint density at radius 1 is 1.19 bits per heavy atom. The lowest BCUT2D eigenvalue weighted by molar-refractivity contribution is 0.311. The van der Waals surface area contributed by atoms with Gasteiger partial charge in [0.05, 0.1) is 12.2 Å². The number of nitriles is 1. The third kappa shape index (κ3) is 4.22. The van der Waals surface area contributed by atoms with E-state index in [1.165, 1.54) is 12.1 Å². The Balaban J connectivity index is 1.81. The second kappa shape index (κ2) is 7.30. The standard InChI is InChI=1S/C17H17FN2O/c1-20(16-8-4-7-15(18)12-16)10-5-11-21-17-9-3-2-6-14(17)13-19/h2-4,6-9,12H,5,10-11H2,1H3. The molecule has 0 unspecified atom stereocenters. The quantitative estimate of drug-likeness (QED) is 0.760. The monoisotopic (exact) mass is 284 g/mol. The highest BCUT2D eigenvalue weighted by molar-refractivity contribution is 5.45. The summed E-state index contributed by atoms with van der Waals surface area (Å²) in [5, 5.41) is 8.96. The Morgan fingerprint density at radius 2 is 2.00 bits per heavy atom. The highest BCUT2D eigenvalue weighted by Crippen LogP contribution is 2.17. The molecule has 4 heteroatoms. The van der Waals surface area contributed by atoms with Crippen molar-refractivity contribution in [3.05, 3.63) is 59.9 Å². The van der Waals surface area contributed by atoms with Crippen molar-refractivity contribution in [1.29, 1.82) is 5.26 Å². The van der Waals surface area contributed by atoms with Crippen LogP contribution in [-0.2, 0) is 0 Å². The molecule has 108 valence electrons. The highest BCUT2D eigenvalue weighted by atomic mass is 19.1. The van der Waals surface area contributed by atoms with Crippen LogP contribution in [0.15, 0.2) is 48.5 Å². The minimum absolute atomic E-state index is 0.237. The van der Waals surface area contributed by atoms with Crippen molar-refractivity contribution < 1.29 is 9.13 Å². The molecule has 0 amide bonds. The normalized spacial score (nSPS) is 9.95. The van der Waals surface area contributed by atoms with Crippen LogP contribution < -0.4 is 9.64 Å². The number of hydrogen-bond acceptors (Lipinski definition) is 3. The average molecular weight is 284 g/mol. The summed E-state index contributed by atoms with van der Waals surface area (Å²) in [7, 11) is 1.91. The van der Waals surface area contributed by atoms with Gasteiger partial charge in [-0.1, -0.05) is 18.2 Å². The number of rotatable bonds is 6. The third-order valence-corrected chi connectivity index (χ3v) is 3.15. The van der Waals surface area contributed by atoms with Crippen LogP contribution in [0.5, 0.6) is 5.75 Å². The van der Waals surface area contributed by atoms with Crippen molar-refractivity contribution in [3.8, 4) is 11.8 Å². The number of ether oxygens (including phenoxy) is 1. The van der Waals surface area contributed by atoms with Gasteiger partial charge in [0, 0.05) is 19.3 Å². The minimum Gasteiger partial charge on any atom is -0.492 e. The molecule has 21 heavy (non-hydrogen) atoms. The molecule has 0 heterocycles. The Bertz CT molecular complexity index is 637. The summed E-state index contributed by atoms with van der Waals surface area (Å²) < 4.78 is 18.8. The fraction of sp³-hybridized carbons (Fsp3) is 0.235. The molecule has 0 bridgehead atoms. The Kier molecular flexibility index (Phi) is 5.16. The first-order valence-electron chi connectivity index (χ1n) is 6.79. The summed E-state index contributed by atoms with van der Waals surface area (Å²) in [6.45, 7) is 1.26. The van der Waals surface area contributed by atoms with E-state index < -0.39 is 0 Å². The van der Waals surface area contributed by atoms with Gasteiger partial charge in [0.2, 0.25) is 0 Å². The fourth-order valence-electron chi connectivity index (χ4n) is 2.01. The van der Waals surface area contributed by atoms with Gasteiger partial charge in [-0.2, -0.15) is 5.26 Å². The van der Waals surface area contributed by atoms with Gasteiger partial charge in [-0.05, 0) is 36.8 Å². The van der Waals surface area contributed by atoms with E-state index in [1.807, 2.05) is 30.1 Å².